The topological polar surface area (TPSA) is 95.5 Å². The van der Waals surface area contributed by atoms with Gasteiger partial charge in [-0.15, -0.1) is 0 Å². The summed E-state index contributed by atoms with van der Waals surface area (Å²) in [5.41, 5.74) is 0.784. The van der Waals surface area contributed by atoms with Crippen LogP contribution in [0.25, 0.3) is 0 Å². The summed E-state index contributed by atoms with van der Waals surface area (Å²) in [6, 6.07) is 5.70. The van der Waals surface area contributed by atoms with Gasteiger partial charge in [0.15, 0.2) is 0 Å². The molecule has 0 aliphatic heterocycles. The van der Waals surface area contributed by atoms with E-state index >= 15 is 0 Å². The van der Waals surface area contributed by atoms with Crippen molar-refractivity contribution in [3.63, 3.8) is 0 Å². The highest BCUT2D eigenvalue weighted by Crippen LogP contribution is 2.13. The number of carbonyl (C=O) groups excluding carboxylic acids is 2. The van der Waals surface area contributed by atoms with Crippen molar-refractivity contribution in [3.8, 4) is 0 Å². The van der Waals surface area contributed by atoms with Crippen molar-refractivity contribution in [2.45, 2.75) is 40.3 Å². The molecule has 0 aromatic heterocycles. The fraction of sp³-hybridized carbons (Fsp3) is 0.438. The van der Waals surface area contributed by atoms with Crippen molar-refractivity contribution >= 4 is 17.8 Å². The van der Waals surface area contributed by atoms with Gasteiger partial charge in [-0.2, -0.15) is 0 Å². The third-order valence-corrected chi connectivity index (χ3v) is 3.07. The molecule has 1 aromatic rings. The van der Waals surface area contributed by atoms with E-state index in [2.05, 4.69) is 10.6 Å². The molecular formula is C16H22N2O4. The summed E-state index contributed by atoms with van der Waals surface area (Å²) in [4.78, 5) is 34.3. The average molecular weight is 306 g/mol. The van der Waals surface area contributed by atoms with Crippen molar-refractivity contribution in [1.29, 1.82) is 0 Å². The minimum atomic E-state index is -1.09. The van der Waals surface area contributed by atoms with Gasteiger partial charge in [0.2, 0.25) is 5.91 Å². The summed E-state index contributed by atoms with van der Waals surface area (Å²) in [5.74, 6) is -1.58. The Morgan fingerprint density at radius 2 is 1.68 bits per heavy atom. The first kappa shape index (κ1) is 17.7. The van der Waals surface area contributed by atoms with Gasteiger partial charge in [-0.3, -0.25) is 14.4 Å². The van der Waals surface area contributed by atoms with Crippen LogP contribution in [0.5, 0.6) is 0 Å². The van der Waals surface area contributed by atoms with Crippen molar-refractivity contribution in [2.75, 3.05) is 0 Å². The Kier molecular flexibility index (Phi) is 5.68. The van der Waals surface area contributed by atoms with Crippen LogP contribution in [0.15, 0.2) is 24.3 Å². The van der Waals surface area contributed by atoms with E-state index in [1.165, 1.54) is 6.92 Å². The third kappa shape index (κ3) is 5.20. The Balaban J connectivity index is 2.61. The van der Waals surface area contributed by atoms with Crippen LogP contribution in [0.3, 0.4) is 0 Å². The van der Waals surface area contributed by atoms with Crippen molar-refractivity contribution in [2.24, 2.45) is 5.41 Å². The number of amides is 2. The maximum atomic E-state index is 11.8. The average Bonchev–Trinajstić information content (AvgIpc) is 2.43. The summed E-state index contributed by atoms with van der Waals surface area (Å²) >= 11 is 0. The summed E-state index contributed by atoms with van der Waals surface area (Å²) in [5, 5.41) is 13.9. The van der Waals surface area contributed by atoms with Crippen LogP contribution in [-0.4, -0.2) is 28.9 Å². The van der Waals surface area contributed by atoms with E-state index in [-0.39, 0.29) is 5.91 Å². The molecule has 0 spiro atoms. The van der Waals surface area contributed by atoms with Gasteiger partial charge in [0.05, 0.1) is 0 Å². The molecule has 1 rings (SSSR count). The summed E-state index contributed by atoms with van der Waals surface area (Å²) in [6.07, 6.45) is 0. The van der Waals surface area contributed by atoms with E-state index in [0.29, 0.717) is 12.1 Å². The van der Waals surface area contributed by atoms with Crippen LogP contribution in [0.4, 0.5) is 0 Å². The number of benzene rings is 1. The monoisotopic (exact) mass is 306 g/mol. The molecule has 1 aromatic carbocycles. The molecule has 0 saturated heterocycles. The highest BCUT2D eigenvalue weighted by atomic mass is 16.4. The van der Waals surface area contributed by atoms with Gasteiger partial charge in [0.25, 0.3) is 5.91 Å². The first-order valence-electron chi connectivity index (χ1n) is 7.02. The largest absolute Gasteiger partial charge is 0.480 e. The molecule has 0 fully saturated rings. The van der Waals surface area contributed by atoms with Crippen molar-refractivity contribution in [1.82, 2.24) is 10.6 Å². The number of aliphatic carboxylic acids is 1. The fourth-order valence-electron chi connectivity index (χ4n) is 1.56. The number of hydrogen-bond donors (Lipinski definition) is 3. The highest BCUT2D eigenvalue weighted by molar-refractivity contribution is 5.96. The lowest BCUT2D eigenvalue weighted by Crippen LogP contribution is -2.38. The zero-order valence-corrected chi connectivity index (χ0v) is 13.3. The van der Waals surface area contributed by atoms with Crippen LogP contribution in [0.2, 0.25) is 0 Å². The van der Waals surface area contributed by atoms with Gasteiger partial charge >= 0.3 is 5.97 Å². The molecule has 22 heavy (non-hydrogen) atoms. The molecule has 0 heterocycles. The van der Waals surface area contributed by atoms with E-state index in [1.807, 2.05) is 20.8 Å². The van der Waals surface area contributed by atoms with Gasteiger partial charge in [-0.25, -0.2) is 0 Å². The second-order valence-corrected chi connectivity index (χ2v) is 6.16. The van der Waals surface area contributed by atoms with Gasteiger partial charge < -0.3 is 15.7 Å². The maximum Gasteiger partial charge on any atom is 0.325 e. The van der Waals surface area contributed by atoms with Gasteiger partial charge in [0.1, 0.15) is 6.04 Å². The number of carboxylic acids is 1. The van der Waals surface area contributed by atoms with E-state index in [1.54, 1.807) is 24.3 Å². The lowest BCUT2D eigenvalue weighted by molar-refractivity contribution is -0.138. The van der Waals surface area contributed by atoms with E-state index in [9.17, 15) is 14.4 Å². The first-order valence-corrected chi connectivity index (χ1v) is 7.02. The minimum Gasteiger partial charge on any atom is -0.480 e. The molecule has 0 radical (unpaired) electrons. The van der Waals surface area contributed by atoms with E-state index < -0.39 is 23.3 Å². The number of hydrogen-bond acceptors (Lipinski definition) is 3. The van der Waals surface area contributed by atoms with E-state index in [0.717, 1.165) is 5.56 Å². The zero-order chi connectivity index (χ0) is 16.9. The molecule has 6 heteroatoms. The predicted octanol–water partition coefficient (Wildman–Crippen LogP) is 1.55. The first-order chi connectivity index (χ1) is 10.1. The number of carbonyl (C=O) groups is 3. The maximum absolute atomic E-state index is 11.8. The summed E-state index contributed by atoms with van der Waals surface area (Å²) < 4.78 is 0. The molecule has 3 N–H and O–H groups in total. The second-order valence-electron chi connectivity index (χ2n) is 6.16. The van der Waals surface area contributed by atoms with Gasteiger partial charge in [0, 0.05) is 17.5 Å². The quantitative estimate of drug-likeness (QED) is 0.769. The van der Waals surface area contributed by atoms with Crippen LogP contribution >= 0.6 is 0 Å². The van der Waals surface area contributed by atoms with Crippen LogP contribution in [0, 0.1) is 5.41 Å². The Morgan fingerprint density at radius 1 is 1.14 bits per heavy atom. The standard InChI is InChI=1S/C16H22N2O4/c1-10(14(20)21)18-13(19)12-7-5-11(6-8-12)9-17-15(22)16(2,3)4/h5-8,10H,9H2,1-4H3,(H,17,22)(H,18,19)(H,20,21)/t10-/m1/s1. The molecular weight excluding hydrogens is 284 g/mol. The molecule has 0 saturated carbocycles. The normalized spacial score (nSPS) is 12.4. The molecule has 120 valence electrons. The Morgan fingerprint density at radius 3 is 2.14 bits per heavy atom. The van der Waals surface area contributed by atoms with Crippen LogP contribution in [0.1, 0.15) is 43.6 Å². The smallest absolute Gasteiger partial charge is 0.325 e. The summed E-state index contributed by atoms with van der Waals surface area (Å²) in [6.45, 7) is 7.28. The van der Waals surface area contributed by atoms with Gasteiger partial charge in [-0.1, -0.05) is 32.9 Å². The Labute approximate surface area is 129 Å². The van der Waals surface area contributed by atoms with Crippen LogP contribution in [-0.2, 0) is 16.1 Å². The van der Waals surface area contributed by atoms with Crippen LogP contribution < -0.4 is 10.6 Å². The van der Waals surface area contributed by atoms with E-state index in [4.69, 9.17) is 5.11 Å². The molecule has 6 nitrogen and oxygen atoms in total. The molecule has 0 aliphatic rings. The SMILES string of the molecule is C[C@@H](NC(=O)c1ccc(CNC(=O)C(C)(C)C)cc1)C(=O)O. The van der Waals surface area contributed by atoms with Gasteiger partial charge in [-0.05, 0) is 24.6 Å². The molecule has 1 atom stereocenters. The highest BCUT2D eigenvalue weighted by Gasteiger charge is 2.20. The molecule has 0 bridgehead atoms. The third-order valence-electron chi connectivity index (χ3n) is 3.07. The lowest BCUT2D eigenvalue weighted by Gasteiger charge is -2.17. The summed E-state index contributed by atoms with van der Waals surface area (Å²) in [7, 11) is 0. The predicted molar refractivity (Wildman–Crippen MR) is 82.3 cm³/mol. The minimum absolute atomic E-state index is 0.0513. The number of rotatable bonds is 5. The Hall–Kier alpha value is -2.37. The number of nitrogens with one attached hydrogen (secondary N) is 2. The second kappa shape index (κ2) is 7.06. The Bertz CT molecular complexity index is 559. The lowest BCUT2D eigenvalue weighted by atomic mass is 9.95. The zero-order valence-electron chi connectivity index (χ0n) is 13.3. The molecule has 2 amide bonds. The van der Waals surface area contributed by atoms with Crippen molar-refractivity contribution < 1.29 is 19.5 Å². The fourth-order valence-corrected chi connectivity index (χ4v) is 1.56. The van der Waals surface area contributed by atoms with Crippen molar-refractivity contribution in [3.05, 3.63) is 35.4 Å². The molecule has 0 aliphatic carbocycles. The molecule has 0 unspecified atom stereocenters. The number of carboxylic acid groups (broad SMARTS) is 1.